The summed E-state index contributed by atoms with van der Waals surface area (Å²) >= 11 is 0. The van der Waals surface area contributed by atoms with Crippen molar-refractivity contribution in [2.24, 2.45) is 17.8 Å². The lowest BCUT2D eigenvalue weighted by atomic mass is 9.85. The van der Waals surface area contributed by atoms with Gasteiger partial charge >= 0.3 is 0 Å². The average Bonchev–Trinajstić information content (AvgIpc) is 2.70. The van der Waals surface area contributed by atoms with E-state index in [1.165, 1.54) is 0 Å². The highest BCUT2D eigenvalue weighted by molar-refractivity contribution is 5.81. The highest BCUT2D eigenvalue weighted by Crippen LogP contribution is 2.25. The number of Topliss-reactive ketones (excluding diaryl/α,β-unsaturated/α-hetero) is 1. The van der Waals surface area contributed by atoms with E-state index in [0.717, 1.165) is 38.8 Å². The normalized spacial score (nSPS) is 32.1. The summed E-state index contributed by atoms with van der Waals surface area (Å²) < 4.78 is 0. The van der Waals surface area contributed by atoms with Gasteiger partial charge in [-0.1, -0.05) is 19.1 Å². The maximum Gasteiger partial charge on any atom is 0.137 e. The molecule has 1 saturated heterocycles. The minimum absolute atomic E-state index is 0.286. The van der Waals surface area contributed by atoms with E-state index < -0.39 is 0 Å². The number of ketones is 1. The van der Waals surface area contributed by atoms with Crippen molar-refractivity contribution in [3.8, 4) is 0 Å². The van der Waals surface area contributed by atoms with Gasteiger partial charge in [0.2, 0.25) is 0 Å². The lowest BCUT2D eigenvalue weighted by Crippen LogP contribution is -2.39. The van der Waals surface area contributed by atoms with Crippen molar-refractivity contribution in [3.05, 3.63) is 12.2 Å². The zero-order valence-electron chi connectivity index (χ0n) is 9.54. The minimum Gasteiger partial charge on any atom is -0.316 e. The zero-order valence-corrected chi connectivity index (χ0v) is 9.54. The van der Waals surface area contributed by atoms with E-state index >= 15 is 0 Å². The number of carbonyl (C=O) groups is 1. The Bertz CT molecular complexity index is 251. The van der Waals surface area contributed by atoms with Gasteiger partial charge in [-0.2, -0.15) is 0 Å². The van der Waals surface area contributed by atoms with Gasteiger partial charge in [0, 0.05) is 18.9 Å². The molecule has 0 radical (unpaired) electrons. The molecular weight excluding hydrogens is 186 g/mol. The summed E-state index contributed by atoms with van der Waals surface area (Å²) in [6.45, 7) is 4.21. The van der Waals surface area contributed by atoms with Crippen LogP contribution in [0.1, 0.15) is 32.6 Å². The van der Waals surface area contributed by atoms with Crippen LogP contribution in [0.5, 0.6) is 0 Å². The van der Waals surface area contributed by atoms with Crippen LogP contribution in [0.2, 0.25) is 0 Å². The van der Waals surface area contributed by atoms with Crippen molar-refractivity contribution in [2.45, 2.75) is 32.6 Å². The first kappa shape index (κ1) is 10.9. The van der Waals surface area contributed by atoms with Gasteiger partial charge in [-0.25, -0.2) is 0 Å². The molecule has 1 heterocycles. The second kappa shape index (κ2) is 4.93. The third-order valence-corrected chi connectivity index (χ3v) is 3.62. The highest BCUT2D eigenvalue weighted by Gasteiger charge is 2.26. The Balaban J connectivity index is 1.79. The van der Waals surface area contributed by atoms with E-state index in [1.54, 1.807) is 0 Å². The largest absolute Gasteiger partial charge is 0.316 e. The Hall–Kier alpha value is -0.630. The van der Waals surface area contributed by atoms with Crippen LogP contribution in [0.4, 0.5) is 0 Å². The average molecular weight is 207 g/mol. The molecule has 2 aliphatic rings. The molecule has 1 fully saturated rings. The number of carbonyl (C=O) groups excluding carboxylic acids is 1. The molecular formula is C13H21NO. The lowest BCUT2D eigenvalue weighted by Gasteiger charge is -2.27. The van der Waals surface area contributed by atoms with Crippen LogP contribution in [0.25, 0.3) is 0 Å². The summed E-state index contributed by atoms with van der Waals surface area (Å²) in [5.74, 6) is 2.04. The molecule has 0 amide bonds. The highest BCUT2D eigenvalue weighted by atomic mass is 16.1. The number of hydrogen-bond acceptors (Lipinski definition) is 2. The maximum absolute atomic E-state index is 12.0. The molecule has 1 N–H and O–H groups in total. The van der Waals surface area contributed by atoms with E-state index in [2.05, 4.69) is 24.4 Å². The Morgan fingerprint density at radius 1 is 1.33 bits per heavy atom. The van der Waals surface area contributed by atoms with Crippen LogP contribution >= 0.6 is 0 Å². The van der Waals surface area contributed by atoms with Crippen molar-refractivity contribution >= 4 is 5.78 Å². The molecule has 0 aromatic heterocycles. The molecule has 0 saturated carbocycles. The number of piperidine rings is 1. The summed E-state index contributed by atoms with van der Waals surface area (Å²) in [4.78, 5) is 12.0. The van der Waals surface area contributed by atoms with Crippen LogP contribution in [0.3, 0.4) is 0 Å². The summed E-state index contributed by atoms with van der Waals surface area (Å²) in [5.41, 5.74) is 0. The fourth-order valence-corrected chi connectivity index (χ4v) is 2.69. The molecule has 1 aliphatic heterocycles. The summed E-state index contributed by atoms with van der Waals surface area (Å²) in [6, 6.07) is 0. The van der Waals surface area contributed by atoms with E-state index in [4.69, 9.17) is 0 Å². The fourth-order valence-electron chi connectivity index (χ4n) is 2.69. The Morgan fingerprint density at radius 3 is 2.73 bits per heavy atom. The molecule has 2 heteroatoms. The SMILES string of the molecule is CC1CNCC(C(=O)CC2CC=CC2)C1. The van der Waals surface area contributed by atoms with Gasteiger partial charge in [0.1, 0.15) is 5.78 Å². The molecule has 0 spiro atoms. The van der Waals surface area contributed by atoms with E-state index in [-0.39, 0.29) is 5.92 Å². The molecule has 2 nitrogen and oxygen atoms in total. The first-order valence-electron chi connectivity index (χ1n) is 6.14. The summed E-state index contributed by atoms with van der Waals surface area (Å²) in [5, 5.41) is 3.35. The van der Waals surface area contributed by atoms with Gasteiger partial charge < -0.3 is 5.32 Å². The van der Waals surface area contributed by atoms with Gasteiger partial charge in [-0.15, -0.1) is 0 Å². The van der Waals surface area contributed by atoms with Gasteiger partial charge in [-0.05, 0) is 37.6 Å². The third-order valence-electron chi connectivity index (χ3n) is 3.62. The topological polar surface area (TPSA) is 29.1 Å². The van der Waals surface area contributed by atoms with Crippen LogP contribution < -0.4 is 5.32 Å². The molecule has 2 atom stereocenters. The number of rotatable bonds is 3. The quantitative estimate of drug-likeness (QED) is 0.718. The van der Waals surface area contributed by atoms with Crippen molar-refractivity contribution < 1.29 is 4.79 Å². The van der Waals surface area contributed by atoms with Gasteiger partial charge in [0.25, 0.3) is 0 Å². The third kappa shape index (κ3) is 2.91. The first-order valence-corrected chi connectivity index (χ1v) is 6.14. The molecule has 2 rings (SSSR count). The van der Waals surface area contributed by atoms with Crippen LogP contribution in [-0.4, -0.2) is 18.9 Å². The van der Waals surface area contributed by atoms with Crippen molar-refractivity contribution in [1.82, 2.24) is 5.32 Å². The lowest BCUT2D eigenvalue weighted by molar-refractivity contribution is -0.124. The number of hydrogen-bond donors (Lipinski definition) is 1. The van der Waals surface area contributed by atoms with Gasteiger partial charge in [0.05, 0.1) is 0 Å². The van der Waals surface area contributed by atoms with Crippen molar-refractivity contribution in [2.75, 3.05) is 13.1 Å². The predicted molar refractivity (Wildman–Crippen MR) is 61.6 cm³/mol. The number of allylic oxidation sites excluding steroid dienone is 2. The smallest absolute Gasteiger partial charge is 0.137 e. The monoisotopic (exact) mass is 207 g/mol. The molecule has 2 unspecified atom stereocenters. The molecule has 15 heavy (non-hydrogen) atoms. The van der Waals surface area contributed by atoms with Crippen molar-refractivity contribution in [1.29, 1.82) is 0 Å². The second-order valence-electron chi connectivity index (χ2n) is 5.18. The Morgan fingerprint density at radius 2 is 2.07 bits per heavy atom. The minimum atomic E-state index is 0.286. The molecule has 84 valence electrons. The number of nitrogens with one attached hydrogen (secondary N) is 1. The van der Waals surface area contributed by atoms with Crippen LogP contribution in [-0.2, 0) is 4.79 Å². The molecule has 0 aromatic rings. The Labute approximate surface area is 92.1 Å². The standard InChI is InChI=1S/C13H21NO/c1-10-6-12(9-14-8-10)13(15)7-11-4-2-3-5-11/h2-3,10-12,14H,4-9H2,1H3. The van der Waals surface area contributed by atoms with Crippen LogP contribution in [0.15, 0.2) is 12.2 Å². The van der Waals surface area contributed by atoms with Crippen molar-refractivity contribution in [3.63, 3.8) is 0 Å². The van der Waals surface area contributed by atoms with E-state index in [1.807, 2.05) is 0 Å². The summed E-state index contributed by atoms with van der Waals surface area (Å²) in [7, 11) is 0. The predicted octanol–water partition coefficient (Wildman–Crippen LogP) is 2.16. The maximum atomic E-state index is 12.0. The molecule has 0 aromatic carbocycles. The van der Waals surface area contributed by atoms with E-state index in [0.29, 0.717) is 17.6 Å². The Kier molecular flexibility index (Phi) is 3.57. The van der Waals surface area contributed by atoms with Crippen LogP contribution in [0, 0.1) is 17.8 Å². The first-order chi connectivity index (χ1) is 7.25. The molecule has 0 bridgehead atoms. The zero-order chi connectivity index (χ0) is 10.7. The van der Waals surface area contributed by atoms with Gasteiger partial charge in [0.15, 0.2) is 0 Å². The second-order valence-corrected chi connectivity index (χ2v) is 5.18. The molecule has 1 aliphatic carbocycles. The van der Waals surface area contributed by atoms with E-state index in [9.17, 15) is 4.79 Å². The van der Waals surface area contributed by atoms with Gasteiger partial charge in [-0.3, -0.25) is 4.79 Å². The summed E-state index contributed by atoms with van der Waals surface area (Å²) in [6.07, 6.45) is 8.53. The fraction of sp³-hybridized carbons (Fsp3) is 0.769.